The molecule has 1 heterocycles. The number of hydrogen-bond acceptors (Lipinski definition) is 2. The van der Waals surface area contributed by atoms with E-state index in [4.69, 9.17) is 4.98 Å². The summed E-state index contributed by atoms with van der Waals surface area (Å²) in [5.74, 6) is 0.378. The maximum Gasteiger partial charge on any atom is 0.0982 e. The highest BCUT2D eigenvalue weighted by molar-refractivity contribution is 7.09. The highest BCUT2D eigenvalue weighted by Gasteiger charge is 2.20. The third-order valence-electron chi connectivity index (χ3n) is 2.91. The Kier molecular flexibility index (Phi) is 3.34. The van der Waals surface area contributed by atoms with E-state index < -0.39 is 0 Å². The first-order valence-electron chi connectivity index (χ1n) is 5.99. The lowest BCUT2D eigenvalue weighted by Crippen LogP contribution is -2.10. The molecule has 0 saturated carbocycles. The monoisotopic (exact) mass is 245 g/mol. The molecule has 0 unspecified atom stereocenters. The van der Waals surface area contributed by atoms with Gasteiger partial charge < -0.3 is 0 Å². The molecule has 0 aliphatic rings. The smallest absolute Gasteiger partial charge is 0.0982 e. The minimum absolute atomic E-state index is 0.152. The van der Waals surface area contributed by atoms with Crippen molar-refractivity contribution < 1.29 is 0 Å². The zero-order chi connectivity index (χ0) is 12.5. The van der Waals surface area contributed by atoms with Crippen molar-refractivity contribution in [2.45, 2.75) is 39.0 Å². The molecule has 1 atom stereocenters. The Hall–Kier alpha value is -1.15. The average Bonchev–Trinajstić information content (AvgIpc) is 2.78. The molecule has 0 radical (unpaired) electrons. The molecule has 0 N–H and O–H groups in total. The van der Waals surface area contributed by atoms with Crippen LogP contribution in [0.15, 0.2) is 35.7 Å². The Morgan fingerprint density at radius 2 is 1.76 bits per heavy atom. The van der Waals surface area contributed by atoms with Crippen molar-refractivity contribution in [2.24, 2.45) is 0 Å². The third kappa shape index (κ3) is 2.75. The number of hydrogen-bond donors (Lipinski definition) is 0. The van der Waals surface area contributed by atoms with Crippen LogP contribution in [0.2, 0.25) is 0 Å². The van der Waals surface area contributed by atoms with Crippen molar-refractivity contribution in [3.63, 3.8) is 0 Å². The predicted molar refractivity (Wildman–Crippen MR) is 74.8 cm³/mol. The van der Waals surface area contributed by atoms with Crippen LogP contribution in [-0.4, -0.2) is 4.98 Å². The van der Waals surface area contributed by atoms with E-state index in [1.54, 1.807) is 11.3 Å². The molecule has 0 amide bonds. The zero-order valence-electron chi connectivity index (χ0n) is 10.9. The summed E-state index contributed by atoms with van der Waals surface area (Å²) in [6, 6.07) is 10.6. The summed E-state index contributed by atoms with van der Waals surface area (Å²) in [7, 11) is 0. The number of nitrogens with zero attached hydrogens (tertiary/aromatic N) is 1. The zero-order valence-corrected chi connectivity index (χ0v) is 11.7. The van der Waals surface area contributed by atoms with Crippen molar-refractivity contribution in [1.82, 2.24) is 4.98 Å². The van der Waals surface area contributed by atoms with Gasteiger partial charge in [-0.1, -0.05) is 58.0 Å². The molecule has 0 aliphatic heterocycles. The molecule has 0 fully saturated rings. The lowest BCUT2D eigenvalue weighted by Gasteiger charge is -2.14. The molecule has 0 aliphatic carbocycles. The van der Waals surface area contributed by atoms with E-state index >= 15 is 0 Å². The van der Waals surface area contributed by atoms with Gasteiger partial charge >= 0.3 is 0 Å². The maximum atomic E-state index is 4.78. The van der Waals surface area contributed by atoms with Gasteiger partial charge in [0, 0.05) is 16.7 Å². The second kappa shape index (κ2) is 4.61. The highest BCUT2D eigenvalue weighted by Crippen LogP contribution is 2.30. The summed E-state index contributed by atoms with van der Waals surface area (Å²) < 4.78 is 0. The lowest BCUT2D eigenvalue weighted by atomic mass is 9.96. The Bertz CT molecular complexity index is 479. The van der Waals surface area contributed by atoms with Crippen LogP contribution >= 0.6 is 11.3 Å². The van der Waals surface area contributed by atoms with Crippen LogP contribution in [0.4, 0.5) is 0 Å². The normalized spacial score (nSPS) is 13.6. The van der Waals surface area contributed by atoms with E-state index in [0.29, 0.717) is 5.92 Å². The first-order chi connectivity index (χ1) is 7.98. The first-order valence-corrected chi connectivity index (χ1v) is 6.87. The average molecular weight is 245 g/mol. The molecule has 0 bridgehead atoms. The van der Waals surface area contributed by atoms with E-state index in [2.05, 4.69) is 63.4 Å². The predicted octanol–water partition coefficient (Wildman–Crippen LogP) is 4.59. The molecule has 1 nitrogen and oxygen atoms in total. The standard InChI is InChI=1S/C15H19NS/c1-11(12-8-6-5-7-9-12)13-10-17-14(16-13)15(2,3)4/h5-11H,1-4H3/t11-/m0/s1. The Morgan fingerprint density at radius 1 is 1.12 bits per heavy atom. The fourth-order valence-corrected chi connectivity index (χ4v) is 2.74. The highest BCUT2D eigenvalue weighted by atomic mass is 32.1. The van der Waals surface area contributed by atoms with Crippen LogP contribution in [0.1, 0.15) is 49.9 Å². The molecule has 90 valence electrons. The van der Waals surface area contributed by atoms with E-state index in [1.165, 1.54) is 16.3 Å². The molecule has 1 aromatic heterocycles. The van der Waals surface area contributed by atoms with E-state index in [0.717, 1.165) is 0 Å². The molecule has 2 aromatic rings. The van der Waals surface area contributed by atoms with Crippen molar-refractivity contribution >= 4 is 11.3 Å². The minimum Gasteiger partial charge on any atom is -0.245 e. The fourth-order valence-electron chi connectivity index (χ4n) is 1.74. The molecule has 0 spiro atoms. The second-order valence-electron chi connectivity index (χ2n) is 5.46. The van der Waals surface area contributed by atoms with Gasteiger partial charge in [-0.05, 0) is 5.56 Å². The van der Waals surface area contributed by atoms with Gasteiger partial charge in [0.25, 0.3) is 0 Å². The summed E-state index contributed by atoms with van der Waals surface area (Å²) in [5.41, 5.74) is 2.67. The van der Waals surface area contributed by atoms with Crippen LogP contribution < -0.4 is 0 Å². The van der Waals surface area contributed by atoms with E-state index in [-0.39, 0.29) is 5.41 Å². The quantitative estimate of drug-likeness (QED) is 0.754. The van der Waals surface area contributed by atoms with Gasteiger partial charge in [0.1, 0.15) is 0 Å². The summed E-state index contributed by atoms with van der Waals surface area (Å²) in [6.07, 6.45) is 0. The van der Waals surface area contributed by atoms with Crippen LogP contribution in [-0.2, 0) is 5.41 Å². The molecular weight excluding hydrogens is 226 g/mol. The van der Waals surface area contributed by atoms with Crippen molar-refractivity contribution in [1.29, 1.82) is 0 Å². The topological polar surface area (TPSA) is 12.9 Å². The molecule has 2 heteroatoms. The Morgan fingerprint density at radius 3 is 2.29 bits per heavy atom. The van der Waals surface area contributed by atoms with Gasteiger partial charge in [-0.3, -0.25) is 0 Å². The number of rotatable bonds is 2. The number of thiazole rings is 1. The summed E-state index contributed by atoms with van der Waals surface area (Å²) in [6.45, 7) is 8.85. The van der Waals surface area contributed by atoms with Crippen LogP contribution in [0.3, 0.4) is 0 Å². The lowest BCUT2D eigenvalue weighted by molar-refractivity contribution is 0.582. The Balaban J connectivity index is 2.27. The molecule has 1 aromatic carbocycles. The van der Waals surface area contributed by atoms with Gasteiger partial charge in [0.15, 0.2) is 0 Å². The summed E-state index contributed by atoms with van der Waals surface area (Å²) in [5, 5.41) is 3.41. The van der Waals surface area contributed by atoms with Gasteiger partial charge in [-0.25, -0.2) is 4.98 Å². The maximum absolute atomic E-state index is 4.78. The molecule has 2 rings (SSSR count). The van der Waals surface area contributed by atoms with Crippen LogP contribution in [0.25, 0.3) is 0 Å². The van der Waals surface area contributed by atoms with E-state index in [9.17, 15) is 0 Å². The first kappa shape index (κ1) is 12.3. The number of benzene rings is 1. The number of aromatic nitrogens is 1. The van der Waals surface area contributed by atoms with Gasteiger partial charge in [0.2, 0.25) is 0 Å². The molecule has 17 heavy (non-hydrogen) atoms. The summed E-state index contributed by atoms with van der Waals surface area (Å²) in [4.78, 5) is 4.78. The third-order valence-corrected chi connectivity index (χ3v) is 4.19. The van der Waals surface area contributed by atoms with Crippen molar-refractivity contribution in [3.05, 3.63) is 52.0 Å². The summed E-state index contributed by atoms with van der Waals surface area (Å²) >= 11 is 1.77. The second-order valence-corrected chi connectivity index (χ2v) is 6.32. The van der Waals surface area contributed by atoms with Crippen LogP contribution in [0.5, 0.6) is 0 Å². The van der Waals surface area contributed by atoms with Crippen LogP contribution in [0, 0.1) is 0 Å². The largest absolute Gasteiger partial charge is 0.245 e. The molecule has 0 saturated heterocycles. The molecular formula is C15H19NS. The minimum atomic E-state index is 0.152. The van der Waals surface area contributed by atoms with Gasteiger partial charge in [0.05, 0.1) is 10.7 Å². The van der Waals surface area contributed by atoms with Gasteiger partial charge in [-0.15, -0.1) is 11.3 Å². The van der Waals surface area contributed by atoms with Gasteiger partial charge in [-0.2, -0.15) is 0 Å². The van der Waals surface area contributed by atoms with E-state index in [1.807, 2.05) is 0 Å². The van der Waals surface area contributed by atoms with Crippen molar-refractivity contribution in [3.8, 4) is 0 Å². The Labute approximate surface area is 108 Å². The SMILES string of the molecule is C[C@@H](c1ccccc1)c1csc(C(C)(C)C)n1. The van der Waals surface area contributed by atoms with Crippen molar-refractivity contribution in [2.75, 3.05) is 0 Å². The fraction of sp³-hybridized carbons (Fsp3) is 0.400.